The third kappa shape index (κ3) is 3.07. The molecule has 102 valence electrons. The van der Waals surface area contributed by atoms with Crippen LogP contribution in [0.25, 0.3) is 0 Å². The van der Waals surface area contributed by atoms with Crippen LogP contribution in [0.1, 0.15) is 42.6 Å². The summed E-state index contributed by atoms with van der Waals surface area (Å²) in [6.45, 7) is 4.89. The normalized spacial score (nSPS) is 12.9. The fourth-order valence-electron chi connectivity index (χ4n) is 2.26. The van der Waals surface area contributed by atoms with Crippen molar-refractivity contribution in [1.82, 2.24) is 9.78 Å². The van der Waals surface area contributed by atoms with Crippen LogP contribution in [0.15, 0.2) is 34.8 Å². The van der Waals surface area contributed by atoms with Gasteiger partial charge in [-0.05, 0) is 29.7 Å². The molecule has 0 radical (unpaired) electrons. The Morgan fingerprint density at radius 2 is 2.05 bits per heavy atom. The van der Waals surface area contributed by atoms with E-state index in [1.54, 1.807) is 0 Å². The van der Waals surface area contributed by atoms with Crippen molar-refractivity contribution in [2.24, 2.45) is 12.8 Å². The van der Waals surface area contributed by atoms with Crippen molar-refractivity contribution in [2.45, 2.75) is 25.7 Å². The molecule has 0 aliphatic rings. The van der Waals surface area contributed by atoms with E-state index >= 15 is 0 Å². The van der Waals surface area contributed by atoms with E-state index < -0.39 is 0 Å². The smallest absolute Gasteiger partial charge is 0.0653 e. The summed E-state index contributed by atoms with van der Waals surface area (Å²) in [6.07, 6.45) is 0. The highest BCUT2D eigenvalue weighted by Gasteiger charge is 2.18. The maximum Gasteiger partial charge on any atom is 0.0653 e. The van der Waals surface area contributed by atoms with Crippen LogP contribution in [0.5, 0.6) is 0 Å². The van der Waals surface area contributed by atoms with Gasteiger partial charge in [-0.2, -0.15) is 5.10 Å². The number of benzene rings is 1. The summed E-state index contributed by atoms with van der Waals surface area (Å²) in [5.41, 5.74) is 9.49. The van der Waals surface area contributed by atoms with Crippen molar-refractivity contribution < 1.29 is 0 Å². The fraction of sp³-hybridized carbons (Fsp3) is 0.400. The van der Waals surface area contributed by atoms with Crippen molar-refractivity contribution in [3.05, 3.63) is 51.8 Å². The number of aryl methyl sites for hydroxylation is 1. The molecule has 1 unspecified atom stereocenters. The minimum absolute atomic E-state index is 0.183. The highest BCUT2D eigenvalue weighted by atomic mass is 79.9. The lowest BCUT2D eigenvalue weighted by Crippen LogP contribution is -2.17. The lowest BCUT2D eigenvalue weighted by atomic mass is 9.95. The van der Waals surface area contributed by atoms with Gasteiger partial charge < -0.3 is 5.73 Å². The van der Waals surface area contributed by atoms with Crippen molar-refractivity contribution in [3.8, 4) is 0 Å². The molecule has 4 heteroatoms. The zero-order valence-electron chi connectivity index (χ0n) is 11.6. The van der Waals surface area contributed by atoms with Crippen molar-refractivity contribution >= 4 is 15.9 Å². The number of hydrogen-bond acceptors (Lipinski definition) is 2. The second-order valence-corrected chi connectivity index (χ2v) is 6.03. The molecule has 0 fully saturated rings. The molecule has 1 aromatic heterocycles. The Morgan fingerprint density at radius 1 is 1.32 bits per heavy atom. The topological polar surface area (TPSA) is 43.8 Å². The zero-order chi connectivity index (χ0) is 14.0. The highest BCUT2D eigenvalue weighted by molar-refractivity contribution is 9.10. The van der Waals surface area contributed by atoms with Crippen LogP contribution in [-0.4, -0.2) is 16.3 Å². The number of halogens is 1. The quantitative estimate of drug-likeness (QED) is 0.937. The van der Waals surface area contributed by atoms with E-state index in [1.807, 2.05) is 23.9 Å². The van der Waals surface area contributed by atoms with Crippen LogP contribution in [0.4, 0.5) is 0 Å². The van der Waals surface area contributed by atoms with Crippen LogP contribution >= 0.6 is 15.9 Å². The molecule has 0 spiro atoms. The lowest BCUT2D eigenvalue weighted by Gasteiger charge is -2.15. The van der Waals surface area contributed by atoms with Crippen LogP contribution in [0.2, 0.25) is 0 Å². The summed E-state index contributed by atoms with van der Waals surface area (Å²) in [6, 6.07) is 10.5. The van der Waals surface area contributed by atoms with E-state index in [2.05, 4.69) is 53.1 Å². The molecule has 1 aromatic carbocycles. The monoisotopic (exact) mass is 321 g/mol. The molecule has 0 saturated heterocycles. The van der Waals surface area contributed by atoms with Gasteiger partial charge in [-0.15, -0.1) is 0 Å². The fourth-order valence-corrected chi connectivity index (χ4v) is 2.68. The third-order valence-electron chi connectivity index (χ3n) is 3.37. The van der Waals surface area contributed by atoms with Gasteiger partial charge in [-0.1, -0.05) is 41.9 Å². The Morgan fingerprint density at radius 3 is 2.58 bits per heavy atom. The Kier molecular flexibility index (Phi) is 4.42. The lowest BCUT2D eigenvalue weighted by molar-refractivity contribution is 0.649. The van der Waals surface area contributed by atoms with Crippen molar-refractivity contribution in [3.63, 3.8) is 0 Å². The summed E-state index contributed by atoms with van der Waals surface area (Å²) >= 11 is 3.52. The van der Waals surface area contributed by atoms with Gasteiger partial charge in [-0.3, -0.25) is 4.68 Å². The summed E-state index contributed by atoms with van der Waals surface area (Å²) in [5, 5.41) is 4.58. The predicted octanol–water partition coefficient (Wildman–Crippen LogP) is 3.40. The maximum absolute atomic E-state index is 5.98. The van der Waals surface area contributed by atoms with Gasteiger partial charge in [0.05, 0.1) is 5.69 Å². The highest BCUT2D eigenvalue weighted by Crippen LogP contribution is 2.27. The Bertz CT molecular complexity index is 560. The molecule has 0 aliphatic heterocycles. The first-order valence-corrected chi connectivity index (χ1v) is 7.31. The minimum Gasteiger partial charge on any atom is -0.329 e. The van der Waals surface area contributed by atoms with Crippen LogP contribution in [0.3, 0.4) is 0 Å². The van der Waals surface area contributed by atoms with Gasteiger partial charge in [0.15, 0.2) is 0 Å². The van der Waals surface area contributed by atoms with Gasteiger partial charge >= 0.3 is 0 Å². The number of hydrogen-bond donors (Lipinski definition) is 1. The number of nitrogens with two attached hydrogens (primary N) is 1. The predicted molar refractivity (Wildman–Crippen MR) is 82.3 cm³/mol. The average Bonchev–Trinajstić information content (AvgIpc) is 2.73. The number of nitrogens with zero attached hydrogens (tertiary/aromatic N) is 2. The average molecular weight is 322 g/mol. The first kappa shape index (κ1) is 14.3. The van der Waals surface area contributed by atoms with Gasteiger partial charge in [0.2, 0.25) is 0 Å². The van der Waals surface area contributed by atoms with E-state index in [-0.39, 0.29) is 5.92 Å². The largest absolute Gasteiger partial charge is 0.329 e. The minimum atomic E-state index is 0.183. The van der Waals surface area contributed by atoms with Gasteiger partial charge in [0.25, 0.3) is 0 Å². The summed E-state index contributed by atoms with van der Waals surface area (Å²) in [4.78, 5) is 0. The van der Waals surface area contributed by atoms with Crippen LogP contribution in [0, 0.1) is 0 Å². The number of rotatable bonds is 4. The molecule has 2 aromatic rings. The van der Waals surface area contributed by atoms with Crippen LogP contribution < -0.4 is 5.73 Å². The Hall–Kier alpha value is -1.13. The summed E-state index contributed by atoms with van der Waals surface area (Å²) in [7, 11) is 1.99. The molecule has 19 heavy (non-hydrogen) atoms. The summed E-state index contributed by atoms with van der Waals surface area (Å²) < 4.78 is 3.03. The van der Waals surface area contributed by atoms with Gasteiger partial charge in [0.1, 0.15) is 0 Å². The number of aromatic nitrogens is 2. The molecule has 1 atom stereocenters. The second kappa shape index (κ2) is 5.88. The van der Waals surface area contributed by atoms with E-state index in [0.717, 1.165) is 10.2 Å². The Labute approximate surface area is 122 Å². The molecular weight excluding hydrogens is 302 g/mol. The molecule has 1 heterocycles. The second-order valence-electron chi connectivity index (χ2n) is 5.12. The Balaban J connectivity index is 2.42. The van der Waals surface area contributed by atoms with E-state index in [4.69, 9.17) is 5.73 Å². The van der Waals surface area contributed by atoms with E-state index in [9.17, 15) is 0 Å². The van der Waals surface area contributed by atoms with Gasteiger partial charge in [-0.25, -0.2) is 0 Å². The molecule has 0 saturated carbocycles. The summed E-state index contributed by atoms with van der Waals surface area (Å²) in [5.74, 6) is 0.614. The van der Waals surface area contributed by atoms with Crippen molar-refractivity contribution in [1.29, 1.82) is 0 Å². The van der Waals surface area contributed by atoms with E-state index in [0.29, 0.717) is 12.5 Å². The van der Waals surface area contributed by atoms with Crippen LogP contribution in [-0.2, 0) is 7.05 Å². The SMILES string of the molecule is CC(C)c1cc(C(CN)c2cccc(Br)c2)n(C)n1. The molecule has 2 rings (SSSR count). The molecule has 0 aliphatic carbocycles. The van der Waals surface area contributed by atoms with E-state index in [1.165, 1.54) is 11.3 Å². The maximum atomic E-state index is 5.98. The van der Waals surface area contributed by atoms with Crippen molar-refractivity contribution in [2.75, 3.05) is 6.54 Å². The van der Waals surface area contributed by atoms with Gasteiger partial charge in [0, 0.05) is 29.7 Å². The first-order valence-electron chi connectivity index (χ1n) is 6.52. The molecule has 3 nitrogen and oxygen atoms in total. The zero-order valence-corrected chi connectivity index (χ0v) is 13.2. The molecule has 2 N–H and O–H groups in total. The first-order chi connectivity index (χ1) is 9.02. The molecular formula is C15H20BrN3. The molecule has 0 bridgehead atoms. The standard InChI is InChI=1S/C15H20BrN3/c1-10(2)14-8-15(19(3)18-14)13(9-17)11-5-4-6-12(16)7-11/h4-8,10,13H,9,17H2,1-3H3. The molecule has 0 amide bonds. The third-order valence-corrected chi connectivity index (χ3v) is 3.86.